The van der Waals surface area contributed by atoms with Gasteiger partial charge in [-0.2, -0.15) is 0 Å². The number of aryl methyl sites for hydroxylation is 2. The van der Waals surface area contributed by atoms with E-state index in [-0.39, 0.29) is 5.92 Å². The summed E-state index contributed by atoms with van der Waals surface area (Å²) in [5, 5.41) is 0. The summed E-state index contributed by atoms with van der Waals surface area (Å²) >= 11 is 0. The van der Waals surface area contributed by atoms with Gasteiger partial charge in [-0.3, -0.25) is 0 Å². The average Bonchev–Trinajstić information content (AvgIpc) is 3.25. The molecule has 8 N–H and O–H groups in total. The smallest absolute Gasteiger partial charge is 0.129 e. The van der Waals surface area contributed by atoms with Gasteiger partial charge in [0.25, 0.3) is 0 Å². The zero-order valence-corrected chi connectivity index (χ0v) is 33.4. The molecule has 8 nitrogen and oxygen atoms in total. The summed E-state index contributed by atoms with van der Waals surface area (Å²) in [6.07, 6.45) is 1.90. The van der Waals surface area contributed by atoms with Crippen molar-refractivity contribution in [2.24, 2.45) is 0 Å². The zero-order chi connectivity index (χ0) is 41.7. The quantitative estimate of drug-likeness (QED) is 0.0846. The van der Waals surface area contributed by atoms with E-state index in [0.29, 0.717) is 22.7 Å². The molecule has 0 atom stereocenters. The Bertz CT molecular complexity index is 2410. The second kappa shape index (κ2) is 19.5. The van der Waals surface area contributed by atoms with Crippen molar-refractivity contribution >= 4 is 22.7 Å². The number of rotatable bonds is 13. The Morgan fingerprint density at radius 3 is 0.817 bits per heavy atom. The third-order valence-electron chi connectivity index (χ3n) is 9.68. The molecule has 0 spiro atoms. The molecule has 0 fully saturated rings. The van der Waals surface area contributed by atoms with Crippen molar-refractivity contribution in [3.63, 3.8) is 0 Å². The van der Waals surface area contributed by atoms with E-state index >= 15 is 0 Å². The SMILES string of the molecule is CC(c1ccc(Oc2cccc(N)c2)cc1)c1ccc(Oc2cccc(N)c2)cc1.Nc1cccc(Oc2ccc(CCc3ccc(Oc4cccc(N)c4)cc3)cc2)c1. The first kappa shape index (κ1) is 40.4. The maximum atomic E-state index is 5.87. The van der Waals surface area contributed by atoms with Gasteiger partial charge in [-0.05, 0) is 132 Å². The number of hydrogen-bond acceptors (Lipinski definition) is 8. The maximum absolute atomic E-state index is 5.87. The molecule has 0 saturated heterocycles. The molecule has 8 aromatic carbocycles. The summed E-state index contributed by atoms with van der Waals surface area (Å²) < 4.78 is 23.4. The molecular weight excluding hydrogens is 745 g/mol. The molecule has 0 aliphatic carbocycles. The fourth-order valence-corrected chi connectivity index (χ4v) is 6.44. The van der Waals surface area contributed by atoms with Crippen LogP contribution in [0.1, 0.15) is 35.1 Å². The average molecular weight is 793 g/mol. The molecule has 0 amide bonds. The van der Waals surface area contributed by atoms with Crippen molar-refractivity contribution in [3.8, 4) is 46.0 Å². The van der Waals surface area contributed by atoms with Crippen LogP contribution in [0, 0.1) is 0 Å². The summed E-state index contributed by atoms with van der Waals surface area (Å²) in [6, 6.07) is 62.3. The zero-order valence-electron chi connectivity index (χ0n) is 33.4. The van der Waals surface area contributed by atoms with E-state index in [0.717, 1.165) is 58.8 Å². The Labute approximate surface area is 351 Å². The van der Waals surface area contributed by atoms with Gasteiger partial charge in [-0.15, -0.1) is 0 Å². The van der Waals surface area contributed by atoms with Gasteiger partial charge >= 0.3 is 0 Å². The topological polar surface area (TPSA) is 141 Å². The highest BCUT2D eigenvalue weighted by Crippen LogP contribution is 2.31. The molecule has 0 unspecified atom stereocenters. The van der Waals surface area contributed by atoms with Gasteiger partial charge in [-0.25, -0.2) is 0 Å². The van der Waals surface area contributed by atoms with Crippen molar-refractivity contribution in [1.29, 1.82) is 0 Å². The standard InChI is InChI=1S/2C26H24N2O2/c1-18(19-8-12-23(13-9-19)29-25-6-2-4-21(27)16-25)20-10-14-24(15-11-20)30-26-7-3-5-22(28)17-26;27-21-3-1-5-25(17-21)29-23-13-9-19(10-14-23)7-8-20-11-15-24(16-12-20)30-26-6-2-4-22(28)18-26/h2-18H,27-28H2,1H3;1-6,9-18H,7-8,27-28H2. The summed E-state index contributed by atoms with van der Waals surface area (Å²) in [6.45, 7) is 2.18. The number of ether oxygens (including phenoxy) is 4. The lowest BCUT2D eigenvalue weighted by Crippen LogP contribution is -1.96. The molecule has 300 valence electrons. The first-order valence-electron chi connectivity index (χ1n) is 19.7. The first-order chi connectivity index (χ1) is 29.2. The highest BCUT2D eigenvalue weighted by atomic mass is 16.5. The molecule has 8 heteroatoms. The van der Waals surface area contributed by atoms with Crippen molar-refractivity contribution in [2.45, 2.75) is 25.7 Å². The van der Waals surface area contributed by atoms with Crippen molar-refractivity contribution in [1.82, 2.24) is 0 Å². The largest absolute Gasteiger partial charge is 0.457 e. The molecule has 0 aliphatic heterocycles. The minimum atomic E-state index is 0.243. The van der Waals surface area contributed by atoms with Crippen LogP contribution < -0.4 is 41.9 Å². The lowest BCUT2D eigenvalue weighted by molar-refractivity contribution is 0.482. The van der Waals surface area contributed by atoms with Gasteiger partial charge in [-0.1, -0.05) is 79.7 Å². The van der Waals surface area contributed by atoms with Crippen LogP contribution >= 0.6 is 0 Å². The summed E-state index contributed by atoms with van der Waals surface area (Å²) in [4.78, 5) is 0. The molecule has 0 radical (unpaired) electrons. The van der Waals surface area contributed by atoms with Crippen molar-refractivity contribution in [3.05, 3.63) is 216 Å². The van der Waals surface area contributed by atoms with Gasteiger partial charge in [0.15, 0.2) is 0 Å². The van der Waals surface area contributed by atoms with Crippen molar-refractivity contribution in [2.75, 3.05) is 22.9 Å². The van der Waals surface area contributed by atoms with E-state index in [1.165, 1.54) is 22.3 Å². The fourth-order valence-electron chi connectivity index (χ4n) is 6.44. The van der Waals surface area contributed by atoms with Crippen LogP contribution in [0.25, 0.3) is 0 Å². The van der Waals surface area contributed by atoms with Gasteiger partial charge in [0.05, 0.1) is 0 Å². The molecule has 0 saturated carbocycles. The highest BCUT2D eigenvalue weighted by molar-refractivity contribution is 5.49. The second-order valence-electron chi connectivity index (χ2n) is 14.3. The number of nitrogen functional groups attached to an aromatic ring is 4. The third kappa shape index (κ3) is 11.8. The minimum Gasteiger partial charge on any atom is -0.457 e. The van der Waals surface area contributed by atoms with E-state index < -0.39 is 0 Å². The van der Waals surface area contributed by atoms with Crippen LogP contribution in [0.2, 0.25) is 0 Å². The van der Waals surface area contributed by atoms with Gasteiger partial charge in [0.1, 0.15) is 46.0 Å². The first-order valence-corrected chi connectivity index (χ1v) is 19.7. The second-order valence-corrected chi connectivity index (χ2v) is 14.3. The predicted molar refractivity (Wildman–Crippen MR) is 244 cm³/mol. The monoisotopic (exact) mass is 792 g/mol. The lowest BCUT2D eigenvalue weighted by atomic mass is 9.93. The molecule has 60 heavy (non-hydrogen) atoms. The van der Waals surface area contributed by atoms with Crippen molar-refractivity contribution < 1.29 is 18.9 Å². The van der Waals surface area contributed by atoms with Crippen LogP contribution in [0.5, 0.6) is 46.0 Å². The summed E-state index contributed by atoms with van der Waals surface area (Å²) in [5.74, 6) is 6.34. The molecule has 0 heterocycles. The minimum absolute atomic E-state index is 0.243. The predicted octanol–water partition coefficient (Wildman–Crippen LogP) is 12.8. The van der Waals surface area contributed by atoms with Gasteiger partial charge < -0.3 is 41.9 Å². The Kier molecular flexibility index (Phi) is 13.1. The number of nitrogens with two attached hydrogens (primary N) is 4. The van der Waals surface area contributed by atoms with Crippen LogP contribution in [0.4, 0.5) is 22.7 Å². The summed E-state index contributed by atoms with van der Waals surface area (Å²) in [7, 11) is 0. The normalized spacial score (nSPS) is 10.6. The maximum Gasteiger partial charge on any atom is 0.129 e. The van der Waals surface area contributed by atoms with E-state index in [9.17, 15) is 0 Å². The number of hydrogen-bond donors (Lipinski definition) is 4. The van der Waals surface area contributed by atoms with Gasteiger partial charge in [0.2, 0.25) is 0 Å². The summed E-state index contributed by atoms with van der Waals surface area (Å²) in [5.41, 5.74) is 30.9. The molecule has 8 rings (SSSR count). The molecule has 0 aliphatic rings. The molecule has 8 aromatic rings. The van der Waals surface area contributed by atoms with Crippen LogP contribution in [-0.4, -0.2) is 0 Å². The van der Waals surface area contributed by atoms with E-state index in [4.69, 9.17) is 41.9 Å². The number of anilines is 4. The fraction of sp³-hybridized carbons (Fsp3) is 0.0769. The lowest BCUT2D eigenvalue weighted by Gasteiger charge is -2.14. The molecule has 0 bridgehead atoms. The molecular formula is C52H48N4O4. The van der Waals surface area contributed by atoms with E-state index in [1.807, 2.05) is 146 Å². The van der Waals surface area contributed by atoms with E-state index in [1.54, 1.807) is 0 Å². The Morgan fingerprint density at radius 2 is 0.567 bits per heavy atom. The number of benzene rings is 8. The Balaban J connectivity index is 0.000000181. The van der Waals surface area contributed by atoms with Crippen LogP contribution in [-0.2, 0) is 12.8 Å². The van der Waals surface area contributed by atoms with Gasteiger partial charge in [0, 0.05) is 52.9 Å². The Hall–Kier alpha value is -7.84. The molecule has 0 aromatic heterocycles. The highest BCUT2D eigenvalue weighted by Gasteiger charge is 2.10. The van der Waals surface area contributed by atoms with Crippen LogP contribution in [0.15, 0.2) is 194 Å². The van der Waals surface area contributed by atoms with Crippen LogP contribution in [0.3, 0.4) is 0 Å². The third-order valence-corrected chi connectivity index (χ3v) is 9.68. The Morgan fingerprint density at radius 1 is 0.317 bits per heavy atom. The van der Waals surface area contributed by atoms with E-state index in [2.05, 4.69) is 55.5 Å².